The fourth-order valence-corrected chi connectivity index (χ4v) is 2.69. The standard InChI is InChI=1S/C16H23F2IN2O2/c1-19-16(17,18)14-8-6-13(7-9-14)15(21-23-12-10-20)5-3-4-11-22-2/h6-9H,1,3-5,10-12,20H2,2H3/b21-15+. The zero-order valence-corrected chi connectivity index (χ0v) is 15.4. The summed E-state index contributed by atoms with van der Waals surface area (Å²) < 4.78 is 32.9. The molecule has 1 aromatic rings. The summed E-state index contributed by atoms with van der Waals surface area (Å²) in [6.45, 7) is 1.37. The van der Waals surface area contributed by atoms with Crippen molar-refractivity contribution in [1.82, 2.24) is 0 Å². The van der Waals surface area contributed by atoms with E-state index in [4.69, 9.17) is 15.3 Å². The summed E-state index contributed by atoms with van der Waals surface area (Å²) >= 11 is -1.44. The summed E-state index contributed by atoms with van der Waals surface area (Å²) in [6, 6.07) is 6.19. The number of rotatable bonds is 11. The summed E-state index contributed by atoms with van der Waals surface area (Å²) in [5, 5.41) is 4.10. The van der Waals surface area contributed by atoms with E-state index in [2.05, 4.69) is 9.67 Å². The Morgan fingerprint density at radius 3 is 2.52 bits per heavy atom. The van der Waals surface area contributed by atoms with Gasteiger partial charge in [-0.15, -0.1) is 0 Å². The normalized spacial score (nSPS) is 12.4. The number of hydrogen-bond acceptors (Lipinski definition) is 4. The summed E-state index contributed by atoms with van der Waals surface area (Å²) in [6.07, 6.45) is 2.46. The van der Waals surface area contributed by atoms with E-state index < -0.39 is 24.7 Å². The zero-order valence-electron chi connectivity index (χ0n) is 13.2. The first-order valence-corrected chi connectivity index (χ1v) is 9.91. The van der Waals surface area contributed by atoms with Crippen LogP contribution in [-0.4, -0.2) is 37.1 Å². The smallest absolute Gasteiger partial charge is 0.316 e. The van der Waals surface area contributed by atoms with Gasteiger partial charge in [-0.3, -0.25) is 0 Å². The molecule has 0 radical (unpaired) electrons. The Kier molecular flexibility index (Phi) is 9.42. The van der Waals surface area contributed by atoms with Crippen molar-refractivity contribution in [3.63, 3.8) is 0 Å². The number of alkyl halides is 3. The highest BCUT2D eigenvalue weighted by Gasteiger charge is 2.27. The lowest BCUT2D eigenvalue weighted by atomic mass is 10.0. The van der Waals surface area contributed by atoms with Crippen molar-refractivity contribution in [3.05, 3.63) is 35.4 Å². The van der Waals surface area contributed by atoms with E-state index in [-0.39, 0.29) is 5.56 Å². The van der Waals surface area contributed by atoms with Gasteiger partial charge in [0.2, 0.25) is 0 Å². The van der Waals surface area contributed by atoms with Crippen molar-refractivity contribution in [2.24, 2.45) is 10.9 Å². The molecule has 0 spiro atoms. The van der Waals surface area contributed by atoms with Crippen LogP contribution in [0.15, 0.2) is 29.4 Å². The summed E-state index contributed by atoms with van der Waals surface area (Å²) in [5.74, 6) is 0. The van der Waals surface area contributed by atoms with Gasteiger partial charge in [-0.1, -0.05) is 33.9 Å². The van der Waals surface area contributed by atoms with Crippen molar-refractivity contribution in [2.75, 3.05) is 26.9 Å². The van der Waals surface area contributed by atoms with Crippen LogP contribution in [0.3, 0.4) is 0 Å². The number of unbranched alkanes of at least 4 members (excludes halogenated alkanes) is 1. The molecule has 1 aromatic carbocycles. The first-order valence-electron chi connectivity index (χ1n) is 7.31. The summed E-state index contributed by atoms with van der Waals surface area (Å²) in [4.78, 5) is 5.15. The number of ether oxygens (including phenoxy) is 1. The molecule has 0 bridgehead atoms. The van der Waals surface area contributed by atoms with Crippen molar-refractivity contribution < 1.29 is 18.4 Å². The molecule has 4 nitrogen and oxygen atoms in total. The van der Waals surface area contributed by atoms with Crippen LogP contribution < -0.4 is 5.73 Å². The molecule has 1 rings (SSSR count). The number of hydrogen-bond donors (Lipinski definition) is 1. The van der Waals surface area contributed by atoms with E-state index in [9.17, 15) is 8.78 Å². The first-order chi connectivity index (χ1) is 11.0. The molecule has 0 aliphatic rings. The quantitative estimate of drug-likeness (QED) is 0.188. The van der Waals surface area contributed by atoms with Gasteiger partial charge in [0.05, 0.1) is 5.71 Å². The molecule has 130 valence electrons. The lowest BCUT2D eigenvalue weighted by molar-refractivity contribution is 0.127. The van der Waals surface area contributed by atoms with Crippen LogP contribution in [0, 0.1) is 0 Å². The number of nitrogens with two attached hydrogens (primary N) is 1. The number of methoxy groups -OCH3 is 1. The Balaban J connectivity index is 2.84. The molecule has 0 unspecified atom stereocenters. The van der Waals surface area contributed by atoms with E-state index in [0.29, 0.717) is 26.2 Å². The van der Waals surface area contributed by atoms with Crippen LogP contribution in [0.25, 0.3) is 0 Å². The minimum absolute atomic E-state index is 0.00524. The molecule has 0 aromatic heterocycles. The molecule has 0 saturated carbocycles. The van der Waals surface area contributed by atoms with Gasteiger partial charge >= 0.3 is 3.93 Å². The largest absolute Gasteiger partial charge is 0.394 e. The molecule has 23 heavy (non-hydrogen) atoms. The van der Waals surface area contributed by atoms with Crippen LogP contribution in [0.5, 0.6) is 0 Å². The van der Waals surface area contributed by atoms with Gasteiger partial charge in [0, 0.05) is 25.8 Å². The third-order valence-corrected chi connectivity index (χ3v) is 4.69. The highest BCUT2D eigenvalue weighted by molar-refractivity contribution is 14.2. The third-order valence-electron chi connectivity index (χ3n) is 3.11. The van der Waals surface area contributed by atoms with Crippen LogP contribution in [0.2, 0.25) is 0 Å². The lowest BCUT2D eigenvalue weighted by Crippen LogP contribution is -2.09. The van der Waals surface area contributed by atoms with Gasteiger partial charge in [0.1, 0.15) is 6.61 Å². The minimum atomic E-state index is -2.80. The Morgan fingerprint density at radius 1 is 1.26 bits per heavy atom. The average molecular weight is 440 g/mol. The maximum atomic E-state index is 13.7. The third kappa shape index (κ3) is 7.01. The van der Waals surface area contributed by atoms with E-state index in [1.807, 2.05) is 0 Å². The molecule has 2 N–H and O–H groups in total. The predicted molar refractivity (Wildman–Crippen MR) is 98.7 cm³/mol. The highest BCUT2D eigenvalue weighted by Crippen LogP contribution is 2.38. The Bertz CT molecular complexity index is 507. The minimum Gasteiger partial charge on any atom is -0.394 e. The molecule has 0 amide bonds. The molecular weight excluding hydrogens is 417 g/mol. The van der Waals surface area contributed by atoms with Gasteiger partial charge in [-0.25, -0.2) is 0 Å². The Labute approximate surface area is 145 Å². The SMILES string of the molecule is C=IC(F)(F)c1ccc(/C(CCCCOC)=N/OCCN)cc1. The number of nitrogens with zero attached hydrogens (tertiary/aromatic N) is 1. The monoisotopic (exact) mass is 440 g/mol. The summed E-state index contributed by atoms with van der Waals surface area (Å²) in [5.41, 5.74) is 6.89. The molecule has 0 fully saturated rings. The molecule has 0 atom stereocenters. The van der Waals surface area contributed by atoms with E-state index in [0.717, 1.165) is 24.1 Å². The van der Waals surface area contributed by atoms with Crippen LogP contribution in [0.4, 0.5) is 8.78 Å². The predicted octanol–water partition coefficient (Wildman–Crippen LogP) is 3.63. The molecule has 0 aliphatic carbocycles. The zero-order chi connectivity index (χ0) is 17.1. The van der Waals surface area contributed by atoms with E-state index in [1.165, 1.54) is 12.1 Å². The maximum absolute atomic E-state index is 13.7. The fourth-order valence-electron chi connectivity index (χ4n) is 1.89. The van der Waals surface area contributed by atoms with E-state index in [1.54, 1.807) is 19.2 Å². The van der Waals surface area contributed by atoms with Crippen LogP contribution >= 0.6 is 20.7 Å². The van der Waals surface area contributed by atoms with E-state index >= 15 is 0 Å². The van der Waals surface area contributed by atoms with Crippen molar-refractivity contribution >= 4 is 31.0 Å². The van der Waals surface area contributed by atoms with Crippen molar-refractivity contribution in [3.8, 4) is 0 Å². The average Bonchev–Trinajstić information content (AvgIpc) is 2.57. The first kappa shape index (κ1) is 20.1. The summed E-state index contributed by atoms with van der Waals surface area (Å²) in [7, 11) is 1.66. The van der Waals surface area contributed by atoms with Crippen molar-refractivity contribution in [2.45, 2.75) is 23.2 Å². The number of halogens is 3. The maximum Gasteiger partial charge on any atom is 0.316 e. The Hall–Kier alpha value is -0.930. The number of oxime groups is 1. The molecule has 7 heteroatoms. The second kappa shape index (κ2) is 10.8. The van der Waals surface area contributed by atoms with Gasteiger partial charge in [-0.2, -0.15) is 8.78 Å². The van der Waals surface area contributed by atoms with Crippen LogP contribution in [-0.2, 0) is 13.5 Å². The fraction of sp³-hybridized carbons (Fsp3) is 0.500. The van der Waals surface area contributed by atoms with Gasteiger partial charge in [0.25, 0.3) is 0 Å². The highest BCUT2D eigenvalue weighted by atomic mass is 127. The van der Waals surface area contributed by atoms with Gasteiger partial charge in [-0.05, 0) is 45.6 Å². The number of benzene rings is 1. The molecule has 0 heterocycles. The molecule has 0 saturated heterocycles. The Morgan fingerprint density at radius 2 is 1.96 bits per heavy atom. The second-order valence-corrected chi connectivity index (χ2v) is 6.94. The second-order valence-electron chi connectivity index (χ2n) is 4.82. The van der Waals surface area contributed by atoms with Crippen molar-refractivity contribution in [1.29, 1.82) is 0 Å². The molecular formula is C16H23F2IN2O2. The topological polar surface area (TPSA) is 56.8 Å². The van der Waals surface area contributed by atoms with Gasteiger partial charge < -0.3 is 15.3 Å². The molecule has 0 aliphatic heterocycles. The lowest BCUT2D eigenvalue weighted by Gasteiger charge is -2.12. The van der Waals surface area contributed by atoms with Gasteiger partial charge in [0.15, 0.2) is 0 Å². The van der Waals surface area contributed by atoms with Crippen LogP contribution in [0.1, 0.15) is 30.4 Å².